The molecule has 0 atom stereocenters. The number of pyridine rings is 1. The molecule has 19 heavy (non-hydrogen) atoms. The molecule has 4 nitrogen and oxygen atoms in total. The molecule has 1 aromatic heterocycles. The second-order valence-electron chi connectivity index (χ2n) is 4.11. The number of methoxy groups -OCH3 is 1. The summed E-state index contributed by atoms with van der Waals surface area (Å²) in [7, 11) is 1.64. The highest BCUT2D eigenvalue weighted by molar-refractivity contribution is 5.55. The van der Waals surface area contributed by atoms with Crippen molar-refractivity contribution >= 4 is 5.69 Å². The molecule has 100 valence electrons. The van der Waals surface area contributed by atoms with Gasteiger partial charge in [0.25, 0.3) is 0 Å². The van der Waals surface area contributed by atoms with Crippen LogP contribution < -0.4 is 14.8 Å². The van der Waals surface area contributed by atoms with Crippen molar-refractivity contribution in [3.05, 3.63) is 48.3 Å². The van der Waals surface area contributed by atoms with Crippen LogP contribution in [0.3, 0.4) is 0 Å². The third kappa shape index (κ3) is 3.88. The average Bonchev–Trinajstić information content (AvgIpc) is 2.45. The molecule has 0 aliphatic heterocycles. The fourth-order valence-corrected chi connectivity index (χ4v) is 1.72. The zero-order valence-corrected chi connectivity index (χ0v) is 11.2. The molecule has 2 rings (SSSR count). The Morgan fingerprint density at radius 3 is 2.74 bits per heavy atom. The van der Waals surface area contributed by atoms with Crippen LogP contribution in [0, 0.1) is 6.92 Å². The summed E-state index contributed by atoms with van der Waals surface area (Å²) < 4.78 is 10.9. The first-order valence-electron chi connectivity index (χ1n) is 6.22. The van der Waals surface area contributed by atoms with Gasteiger partial charge in [0.15, 0.2) is 5.75 Å². The van der Waals surface area contributed by atoms with Crippen LogP contribution >= 0.6 is 0 Å². The summed E-state index contributed by atoms with van der Waals surface area (Å²) >= 11 is 0. The molecule has 0 aliphatic rings. The van der Waals surface area contributed by atoms with Crippen LogP contribution in [-0.2, 0) is 0 Å². The number of anilines is 1. The van der Waals surface area contributed by atoms with E-state index in [0.29, 0.717) is 13.2 Å². The smallest absolute Gasteiger partial charge is 0.160 e. The van der Waals surface area contributed by atoms with Crippen molar-refractivity contribution in [1.29, 1.82) is 0 Å². The van der Waals surface area contributed by atoms with E-state index in [1.807, 2.05) is 43.3 Å². The number of benzene rings is 1. The molecule has 0 saturated carbocycles. The average molecular weight is 258 g/mol. The summed E-state index contributed by atoms with van der Waals surface area (Å²) in [6, 6.07) is 11.7. The van der Waals surface area contributed by atoms with Gasteiger partial charge in [-0.25, -0.2) is 0 Å². The molecule has 0 spiro atoms. The van der Waals surface area contributed by atoms with Gasteiger partial charge >= 0.3 is 0 Å². The van der Waals surface area contributed by atoms with E-state index in [0.717, 1.165) is 22.9 Å². The van der Waals surface area contributed by atoms with E-state index < -0.39 is 0 Å². The summed E-state index contributed by atoms with van der Waals surface area (Å²) in [5, 5.41) is 3.29. The minimum Gasteiger partial charge on any atom is -0.493 e. The fourth-order valence-electron chi connectivity index (χ4n) is 1.72. The number of nitrogens with zero attached hydrogens (tertiary/aromatic N) is 1. The molecular weight excluding hydrogens is 240 g/mol. The minimum atomic E-state index is 0.592. The Hall–Kier alpha value is -2.23. The Morgan fingerprint density at radius 2 is 2.00 bits per heavy atom. The Morgan fingerprint density at radius 1 is 1.21 bits per heavy atom. The monoisotopic (exact) mass is 258 g/mol. The molecule has 0 fully saturated rings. The Bertz CT molecular complexity index is 515. The molecule has 1 aromatic carbocycles. The van der Waals surface area contributed by atoms with Crippen LogP contribution in [0.5, 0.6) is 11.5 Å². The first kappa shape index (κ1) is 13.2. The Balaban J connectivity index is 1.84. The molecule has 1 N–H and O–H groups in total. The lowest BCUT2D eigenvalue weighted by Crippen LogP contribution is -2.12. The predicted molar refractivity (Wildman–Crippen MR) is 76.0 cm³/mol. The lowest BCUT2D eigenvalue weighted by molar-refractivity contribution is 0.332. The summed E-state index contributed by atoms with van der Waals surface area (Å²) in [5.41, 5.74) is 1.89. The van der Waals surface area contributed by atoms with E-state index in [1.165, 1.54) is 0 Å². The zero-order chi connectivity index (χ0) is 13.5. The zero-order valence-electron chi connectivity index (χ0n) is 11.2. The van der Waals surface area contributed by atoms with E-state index in [1.54, 1.807) is 13.3 Å². The van der Waals surface area contributed by atoms with Crippen LogP contribution in [0.4, 0.5) is 5.69 Å². The van der Waals surface area contributed by atoms with Crippen molar-refractivity contribution in [1.82, 2.24) is 4.98 Å². The molecule has 0 saturated heterocycles. The maximum Gasteiger partial charge on any atom is 0.160 e. The van der Waals surface area contributed by atoms with Gasteiger partial charge in [-0.2, -0.15) is 0 Å². The molecule has 0 radical (unpaired) electrons. The molecule has 0 amide bonds. The van der Waals surface area contributed by atoms with Crippen molar-refractivity contribution in [2.75, 3.05) is 25.6 Å². The van der Waals surface area contributed by atoms with Crippen LogP contribution in [0.1, 0.15) is 5.69 Å². The quantitative estimate of drug-likeness (QED) is 0.809. The van der Waals surface area contributed by atoms with Gasteiger partial charge in [0, 0.05) is 12.2 Å². The topological polar surface area (TPSA) is 43.4 Å². The van der Waals surface area contributed by atoms with E-state index in [2.05, 4.69) is 10.3 Å². The van der Waals surface area contributed by atoms with Crippen molar-refractivity contribution in [3.63, 3.8) is 0 Å². The maximum atomic E-state index is 5.61. The summed E-state index contributed by atoms with van der Waals surface area (Å²) in [5.74, 6) is 1.62. The molecular formula is C15H18N2O2. The highest BCUT2D eigenvalue weighted by Crippen LogP contribution is 2.23. The van der Waals surface area contributed by atoms with Gasteiger partial charge in [0.1, 0.15) is 12.4 Å². The van der Waals surface area contributed by atoms with Gasteiger partial charge in [0.2, 0.25) is 0 Å². The lowest BCUT2D eigenvalue weighted by Gasteiger charge is -2.12. The number of rotatable bonds is 6. The van der Waals surface area contributed by atoms with E-state index >= 15 is 0 Å². The predicted octanol–water partition coefficient (Wildman–Crippen LogP) is 2.89. The van der Waals surface area contributed by atoms with Crippen molar-refractivity contribution in [3.8, 4) is 11.5 Å². The normalized spacial score (nSPS) is 10.0. The number of aromatic nitrogens is 1. The highest BCUT2D eigenvalue weighted by Gasteiger charge is 2.03. The highest BCUT2D eigenvalue weighted by atomic mass is 16.5. The van der Waals surface area contributed by atoms with Crippen molar-refractivity contribution in [2.45, 2.75) is 6.92 Å². The molecule has 2 aromatic rings. The standard InChI is InChI=1S/C15H18N2O2/c1-12-10-14(15(18-2)11-17-12)16-8-9-19-13-6-4-3-5-7-13/h3-7,10-11H,8-9H2,1-2H3,(H,16,17). The fraction of sp³-hybridized carbons (Fsp3) is 0.267. The number of para-hydroxylation sites is 1. The van der Waals surface area contributed by atoms with E-state index in [9.17, 15) is 0 Å². The van der Waals surface area contributed by atoms with Gasteiger partial charge in [0.05, 0.1) is 19.0 Å². The van der Waals surface area contributed by atoms with E-state index in [4.69, 9.17) is 9.47 Å². The van der Waals surface area contributed by atoms with Gasteiger partial charge in [-0.3, -0.25) is 4.98 Å². The third-order valence-corrected chi connectivity index (χ3v) is 2.65. The van der Waals surface area contributed by atoms with Crippen LogP contribution in [0.15, 0.2) is 42.6 Å². The number of hydrogen-bond acceptors (Lipinski definition) is 4. The number of hydrogen-bond donors (Lipinski definition) is 1. The molecule has 0 unspecified atom stereocenters. The molecule has 0 bridgehead atoms. The van der Waals surface area contributed by atoms with Gasteiger partial charge in [-0.1, -0.05) is 18.2 Å². The summed E-state index contributed by atoms with van der Waals surface area (Å²) in [6.07, 6.45) is 1.72. The van der Waals surface area contributed by atoms with Crippen LogP contribution in [-0.4, -0.2) is 25.2 Å². The van der Waals surface area contributed by atoms with Gasteiger partial charge in [-0.05, 0) is 25.1 Å². The largest absolute Gasteiger partial charge is 0.493 e. The molecule has 4 heteroatoms. The van der Waals surface area contributed by atoms with Crippen molar-refractivity contribution in [2.24, 2.45) is 0 Å². The first-order chi connectivity index (χ1) is 9.29. The Kier molecular flexibility index (Phi) is 4.61. The van der Waals surface area contributed by atoms with Gasteiger partial charge in [-0.15, -0.1) is 0 Å². The first-order valence-corrected chi connectivity index (χ1v) is 6.22. The SMILES string of the molecule is COc1cnc(C)cc1NCCOc1ccccc1. The Labute approximate surface area is 113 Å². The van der Waals surface area contributed by atoms with E-state index in [-0.39, 0.29) is 0 Å². The number of ether oxygens (including phenoxy) is 2. The third-order valence-electron chi connectivity index (χ3n) is 2.65. The number of nitrogens with one attached hydrogen (secondary N) is 1. The second kappa shape index (κ2) is 6.64. The van der Waals surface area contributed by atoms with Crippen molar-refractivity contribution < 1.29 is 9.47 Å². The van der Waals surface area contributed by atoms with Gasteiger partial charge < -0.3 is 14.8 Å². The minimum absolute atomic E-state index is 0.592. The van der Waals surface area contributed by atoms with Crippen LogP contribution in [0.25, 0.3) is 0 Å². The lowest BCUT2D eigenvalue weighted by atomic mass is 10.3. The number of aryl methyl sites for hydroxylation is 1. The van der Waals surface area contributed by atoms with Crippen LogP contribution in [0.2, 0.25) is 0 Å². The summed E-state index contributed by atoms with van der Waals surface area (Å²) in [4.78, 5) is 4.19. The summed E-state index contributed by atoms with van der Waals surface area (Å²) in [6.45, 7) is 3.24. The second-order valence-corrected chi connectivity index (χ2v) is 4.11. The maximum absolute atomic E-state index is 5.61. The molecule has 1 heterocycles. The molecule has 0 aliphatic carbocycles.